The average Bonchev–Trinajstić information content (AvgIpc) is 2.78. The zero-order valence-electron chi connectivity index (χ0n) is 11.6. The molecule has 3 rings (SSSR count). The molecule has 2 nitrogen and oxygen atoms in total. The number of aromatic nitrogens is 2. The van der Waals surface area contributed by atoms with Gasteiger partial charge in [0.15, 0.2) is 0 Å². The van der Waals surface area contributed by atoms with Crippen molar-refractivity contribution < 1.29 is 4.39 Å². The molecule has 0 bridgehead atoms. The van der Waals surface area contributed by atoms with E-state index in [0.717, 1.165) is 16.6 Å². The summed E-state index contributed by atoms with van der Waals surface area (Å²) in [4.78, 5) is 4.52. The third-order valence-electron chi connectivity index (χ3n) is 3.41. The number of fused-ring (bicyclic) bond motifs is 1. The molecule has 5 heteroatoms. The van der Waals surface area contributed by atoms with Crippen molar-refractivity contribution in [2.75, 3.05) is 0 Å². The molecule has 1 aromatic heterocycles. The number of imidazole rings is 1. The Hall–Kier alpha value is -1.58. The maximum atomic E-state index is 14.4. The highest BCUT2D eigenvalue weighted by Gasteiger charge is 2.20. The fourth-order valence-corrected chi connectivity index (χ4v) is 2.79. The number of halogens is 3. The van der Waals surface area contributed by atoms with E-state index in [-0.39, 0.29) is 11.2 Å². The molecule has 1 atom stereocenters. The van der Waals surface area contributed by atoms with E-state index in [2.05, 4.69) is 4.98 Å². The average molecular weight is 323 g/mol. The molecular formula is C16H13Cl2FN2. The van der Waals surface area contributed by atoms with Crippen LogP contribution in [-0.4, -0.2) is 9.55 Å². The normalized spacial score (nSPS) is 12.8. The Morgan fingerprint density at radius 3 is 2.67 bits per heavy atom. The zero-order valence-corrected chi connectivity index (χ0v) is 13.1. The van der Waals surface area contributed by atoms with Gasteiger partial charge in [0.25, 0.3) is 0 Å². The van der Waals surface area contributed by atoms with Crippen LogP contribution in [0.3, 0.4) is 0 Å². The van der Waals surface area contributed by atoms with Gasteiger partial charge < -0.3 is 0 Å². The molecule has 3 aromatic rings. The fourth-order valence-electron chi connectivity index (χ4n) is 2.48. The van der Waals surface area contributed by atoms with Crippen molar-refractivity contribution >= 4 is 34.2 Å². The van der Waals surface area contributed by atoms with Crippen molar-refractivity contribution in [2.24, 2.45) is 0 Å². The van der Waals surface area contributed by atoms with E-state index >= 15 is 0 Å². The van der Waals surface area contributed by atoms with Crippen LogP contribution in [0.15, 0.2) is 36.4 Å². The lowest BCUT2D eigenvalue weighted by molar-refractivity contribution is 0.615. The Labute approximate surface area is 132 Å². The largest absolute Gasteiger partial charge is 0.292 e. The van der Waals surface area contributed by atoms with Crippen LogP contribution >= 0.6 is 23.2 Å². The summed E-state index contributed by atoms with van der Waals surface area (Å²) >= 11 is 12.3. The topological polar surface area (TPSA) is 17.8 Å². The molecule has 0 saturated carbocycles. The maximum absolute atomic E-state index is 14.4. The Balaban J connectivity index is 2.44. The molecule has 0 spiro atoms. The second-order valence-corrected chi connectivity index (χ2v) is 6.05. The smallest absolute Gasteiger partial charge is 0.147 e. The first-order valence-corrected chi connectivity index (χ1v) is 7.38. The molecule has 108 valence electrons. The summed E-state index contributed by atoms with van der Waals surface area (Å²) < 4.78 is 16.1. The van der Waals surface area contributed by atoms with Crippen LogP contribution in [0.5, 0.6) is 0 Å². The van der Waals surface area contributed by atoms with Crippen LogP contribution in [0.25, 0.3) is 16.7 Å². The summed E-state index contributed by atoms with van der Waals surface area (Å²) in [6.45, 7) is 3.68. The molecule has 0 aliphatic carbocycles. The lowest BCUT2D eigenvalue weighted by Crippen LogP contribution is -2.06. The second-order valence-electron chi connectivity index (χ2n) is 4.96. The molecule has 0 N–H and O–H groups in total. The van der Waals surface area contributed by atoms with Crippen LogP contribution in [0.4, 0.5) is 4.39 Å². The van der Waals surface area contributed by atoms with Crippen LogP contribution < -0.4 is 0 Å². The molecule has 1 unspecified atom stereocenters. The fraction of sp³-hybridized carbons (Fsp3) is 0.188. The first-order chi connectivity index (χ1) is 9.99. The molecule has 2 aromatic carbocycles. The number of alkyl halides is 1. The van der Waals surface area contributed by atoms with Crippen molar-refractivity contribution in [3.63, 3.8) is 0 Å². The number of benzene rings is 2. The summed E-state index contributed by atoms with van der Waals surface area (Å²) in [5.74, 6) is 0.287. The van der Waals surface area contributed by atoms with Crippen molar-refractivity contribution in [1.29, 1.82) is 0 Å². The summed E-state index contributed by atoms with van der Waals surface area (Å²) in [7, 11) is 0. The van der Waals surface area contributed by atoms with E-state index < -0.39 is 0 Å². The number of nitrogens with zero attached hydrogens (tertiary/aromatic N) is 2. The molecule has 0 aliphatic heterocycles. The summed E-state index contributed by atoms with van der Waals surface area (Å²) in [6, 6.07) is 10.3. The molecular weight excluding hydrogens is 310 g/mol. The number of hydrogen-bond acceptors (Lipinski definition) is 1. The van der Waals surface area contributed by atoms with Gasteiger partial charge in [-0.3, -0.25) is 4.57 Å². The van der Waals surface area contributed by atoms with Gasteiger partial charge in [-0.05, 0) is 43.7 Å². The number of hydrogen-bond donors (Lipinski definition) is 0. The van der Waals surface area contributed by atoms with Gasteiger partial charge in [0.1, 0.15) is 11.6 Å². The van der Waals surface area contributed by atoms with E-state index in [1.807, 2.05) is 26.0 Å². The van der Waals surface area contributed by atoms with Gasteiger partial charge in [-0.15, -0.1) is 11.6 Å². The van der Waals surface area contributed by atoms with E-state index in [4.69, 9.17) is 23.2 Å². The zero-order chi connectivity index (χ0) is 15.1. The standard InChI is InChI=1S/C16H13Cl2FN2/c1-9-4-3-5-12(19)15(9)21-14-8-11(18)6-7-13(14)20-16(21)10(2)17/h3-8,10H,1-2H3. The Morgan fingerprint density at radius 1 is 1.24 bits per heavy atom. The highest BCUT2D eigenvalue weighted by atomic mass is 35.5. The van der Waals surface area contributed by atoms with E-state index in [0.29, 0.717) is 16.5 Å². The van der Waals surface area contributed by atoms with Crippen molar-refractivity contribution in [3.8, 4) is 5.69 Å². The minimum atomic E-state index is -0.352. The quantitative estimate of drug-likeness (QED) is 0.575. The van der Waals surface area contributed by atoms with Crippen molar-refractivity contribution in [1.82, 2.24) is 9.55 Å². The molecule has 1 heterocycles. The predicted octanol–water partition coefficient (Wildman–Crippen LogP) is 5.43. The Bertz CT molecular complexity index is 804. The SMILES string of the molecule is Cc1cccc(F)c1-n1c(C(C)Cl)nc2ccc(Cl)cc21. The van der Waals surface area contributed by atoms with Crippen molar-refractivity contribution in [2.45, 2.75) is 19.2 Å². The molecule has 0 saturated heterocycles. The van der Waals surface area contributed by atoms with Crippen molar-refractivity contribution in [3.05, 3.63) is 58.6 Å². The highest BCUT2D eigenvalue weighted by Crippen LogP contribution is 2.32. The van der Waals surface area contributed by atoms with Crippen LogP contribution in [0, 0.1) is 12.7 Å². The minimum Gasteiger partial charge on any atom is -0.292 e. The van der Waals surface area contributed by atoms with Crippen LogP contribution in [0.1, 0.15) is 23.7 Å². The number of para-hydroxylation sites is 1. The lowest BCUT2D eigenvalue weighted by atomic mass is 10.1. The lowest BCUT2D eigenvalue weighted by Gasteiger charge is -2.14. The maximum Gasteiger partial charge on any atom is 0.147 e. The van der Waals surface area contributed by atoms with Gasteiger partial charge in [-0.1, -0.05) is 23.7 Å². The monoisotopic (exact) mass is 322 g/mol. The van der Waals surface area contributed by atoms with Crippen LogP contribution in [0.2, 0.25) is 5.02 Å². The third-order valence-corrected chi connectivity index (χ3v) is 3.84. The second kappa shape index (κ2) is 5.32. The van der Waals surface area contributed by atoms with Gasteiger partial charge in [-0.25, -0.2) is 9.37 Å². The van der Waals surface area contributed by atoms with E-state index in [1.165, 1.54) is 6.07 Å². The molecule has 0 radical (unpaired) electrons. The number of aryl methyl sites for hydroxylation is 1. The van der Waals surface area contributed by atoms with Gasteiger partial charge >= 0.3 is 0 Å². The van der Waals surface area contributed by atoms with Gasteiger partial charge in [0, 0.05) is 5.02 Å². The first kappa shape index (κ1) is 14.4. The van der Waals surface area contributed by atoms with Gasteiger partial charge in [-0.2, -0.15) is 0 Å². The van der Waals surface area contributed by atoms with Gasteiger partial charge in [0.2, 0.25) is 0 Å². The summed E-state index contributed by atoms with van der Waals surface area (Å²) in [6.07, 6.45) is 0. The van der Waals surface area contributed by atoms with E-state index in [1.54, 1.807) is 22.8 Å². The summed E-state index contributed by atoms with van der Waals surface area (Å²) in [5, 5.41) is 0.224. The van der Waals surface area contributed by atoms with E-state index in [9.17, 15) is 4.39 Å². The molecule has 0 amide bonds. The Kier molecular flexibility index (Phi) is 3.64. The molecule has 0 aliphatic rings. The predicted molar refractivity (Wildman–Crippen MR) is 85.0 cm³/mol. The number of rotatable bonds is 2. The first-order valence-electron chi connectivity index (χ1n) is 6.56. The highest BCUT2D eigenvalue weighted by molar-refractivity contribution is 6.31. The van der Waals surface area contributed by atoms with Gasteiger partial charge in [0.05, 0.1) is 22.1 Å². The summed E-state index contributed by atoms with van der Waals surface area (Å²) in [5.41, 5.74) is 2.76. The molecule has 0 fully saturated rings. The van der Waals surface area contributed by atoms with Crippen LogP contribution in [-0.2, 0) is 0 Å². The molecule has 21 heavy (non-hydrogen) atoms. The minimum absolute atomic E-state index is 0.312. The third kappa shape index (κ3) is 2.41. The Morgan fingerprint density at radius 2 is 2.00 bits per heavy atom.